The van der Waals surface area contributed by atoms with Gasteiger partial charge in [0.25, 0.3) is 11.8 Å². The van der Waals surface area contributed by atoms with E-state index in [9.17, 15) is 19.2 Å². The first-order valence-corrected chi connectivity index (χ1v) is 14.6. The van der Waals surface area contributed by atoms with Gasteiger partial charge < -0.3 is 24.2 Å². The molecule has 11 heteroatoms. The molecular formula is C35H20Cl2N2O7. The second kappa shape index (κ2) is 11.4. The number of carbonyl (C=O) groups excluding carboxylic acids is 2. The number of benzene rings is 5. The number of nitrogens with one attached hydrogen (secondary N) is 2. The Kier molecular flexibility index (Phi) is 7.19. The lowest BCUT2D eigenvalue weighted by molar-refractivity contribution is 0.101. The Hall–Kier alpha value is -5.64. The van der Waals surface area contributed by atoms with Crippen LogP contribution >= 0.6 is 23.2 Å². The number of carbonyl (C=O) groups is 2. The van der Waals surface area contributed by atoms with Crippen molar-refractivity contribution in [3.8, 4) is 5.75 Å². The van der Waals surface area contributed by atoms with Gasteiger partial charge in [0.2, 0.25) is 0 Å². The van der Waals surface area contributed by atoms with Crippen molar-refractivity contribution in [3.63, 3.8) is 0 Å². The van der Waals surface area contributed by atoms with Gasteiger partial charge in [0, 0.05) is 54.1 Å². The van der Waals surface area contributed by atoms with Crippen LogP contribution in [-0.4, -0.2) is 18.9 Å². The van der Waals surface area contributed by atoms with Gasteiger partial charge in [0.15, 0.2) is 0 Å². The lowest BCUT2D eigenvalue weighted by Crippen LogP contribution is -2.22. The molecule has 0 fully saturated rings. The summed E-state index contributed by atoms with van der Waals surface area (Å²) in [7, 11) is 1.38. The molecule has 0 aliphatic carbocycles. The predicted molar refractivity (Wildman–Crippen MR) is 179 cm³/mol. The molecule has 226 valence electrons. The third-order valence-electron chi connectivity index (χ3n) is 7.57. The van der Waals surface area contributed by atoms with E-state index >= 15 is 0 Å². The van der Waals surface area contributed by atoms with E-state index < -0.39 is 23.1 Å². The van der Waals surface area contributed by atoms with Gasteiger partial charge >= 0.3 is 11.3 Å². The summed E-state index contributed by atoms with van der Waals surface area (Å²) >= 11 is 12.9. The summed E-state index contributed by atoms with van der Waals surface area (Å²) < 4.78 is 16.5. The second-order valence-electron chi connectivity index (χ2n) is 10.4. The average Bonchev–Trinajstić information content (AvgIpc) is 3.06. The van der Waals surface area contributed by atoms with Gasteiger partial charge in [-0.3, -0.25) is 9.59 Å². The number of hydrogen-bond donors (Lipinski definition) is 2. The number of hydrogen-bond acceptors (Lipinski definition) is 7. The first-order valence-electron chi connectivity index (χ1n) is 13.8. The van der Waals surface area contributed by atoms with Crippen LogP contribution in [0.25, 0.3) is 43.5 Å². The first kappa shape index (κ1) is 29.1. The number of amides is 2. The lowest BCUT2D eigenvalue weighted by atomic mass is 10.1. The quantitative estimate of drug-likeness (QED) is 0.143. The van der Waals surface area contributed by atoms with Crippen LogP contribution in [0.15, 0.2) is 109 Å². The van der Waals surface area contributed by atoms with Gasteiger partial charge in [-0.1, -0.05) is 71.7 Å². The summed E-state index contributed by atoms with van der Waals surface area (Å²) in [5.41, 5.74) is -1.01. The van der Waals surface area contributed by atoms with Crippen LogP contribution in [0.2, 0.25) is 10.0 Å². The lowest BCUT2D eigenvalue weighted by Gasteiger charge is -2.13. The van der Waals surface area contributed by atoms with Gasteiger partial charge in [-0.25, -0.2) is 9.59 Å². The summed E-state index contributed by atoms with van der Waals surface area (Å²) in [4.78, 5) is 52.1. The van der Waals surface area contributed by atoms with E-state index in [4.69, 9.17) is 36.8 Å². The van der Waals surface area contributed by atoms with Gasteiger partial charge in [-0.15, -0.1) is 0 Å². The average molecular weight is 651 g/mol. The number of methoxy groups -OCH3 is 1. The fourth-order valence-corrected chi connectivity index (χ4v) is 5.96. The van der Waals surface area contributed by atoms with Crippen molar-refractivity contribution in [2.75, 3.05) is 17.7 Å². The highest BCUT2D eigenvalue weighted by atomic mass is 35.5. The third-order valence-corrected chi connectivity index (χ3v) is 8.20. The van der Waals surface area contributed by atoms with Gasteiger partial charge in [-0.2, -0.15) is 0 Å². The van der Waals surface area contributed by atoms with Crippen LogP contribution in [0.1, 0.15) is 20.7 Å². The summed E-state index contributed by atoms with van der Waals surface area (Å²) in [6.45, 7) is 0. The maximum Gasteiger partial charge on any atom is 0.349 e. The van der Waals surface area contributed by atoms with Crippen molar-refractivity contribution in [1.82, 2.24) is 0 Å². The topological polar surface area (TPSA) is 128 Å². The zero-order chi connectivity index (χ0) is 32.1. The van der Waals surface area contributed by atoms with E-state index in [1.807, 2.05) is 24.3 Å². The molecule has 0 spiro atoms. The molecule has 2 N–H and O–H groups in total. The van der Waals surface area contributed by atoms with Crippen molar-refractivity contribution in [2.24, 2.45) is 0 Å². The molecule has 46 heavy (non-hydrogen) atoms. The molecule has 2 heterocycles. The maximum absolute atomic E-state index is 13.2. The molecule has 0 radical (unpaired) electrons. The highest BCUT2D eigenvalue weighted by Gasteiger charge is 2.20. The molecule has 0 unspecified atom stereocenters. The monoisotopic (exact) mass is 650 g/mol. The molecule has 7 rings (SSSR count). The molecule has 5 aromatic carbocycles. The van der Waals surface area contributed by atoms with E-state index in [1.54, 1.807) is 36.4 Å². The van der Waals surface area contributed by atoms with E-state index in [0.717, 1.165) is 5.39 Å². The van der Waals surface area contributed by atoms with E-state index in [-0.39, 0.29) is 28.3 Å². The second-order valence-corrected chi connectivity index (χ2v) is 11.2. The van der Waals surface area contributed by atoms with E-state index in [1.165, 1.54) is 37.4 Å². The third kappa shape index (κ3) is 5.01. The predicted octanol–water partition coefficient (Wildman–Crippen LogP) is 8.03. The van der Waals surface area contributed by atoms with Crippen molar-refractivity contribution in [1.29, 1.82) is 0 Å². The highest BCUT2D eigenvalue weighted by Crippen LogP contribution is 2.33. The first-order chi connectivity index (χ1) is 22.2. The van der Waals surface area contributed by atoms with Crippen molar-refractivity contribution >= 4 is 89.9 Å². The van der Waals surface area contributed by atoms with Crippen LogP contribution in [0, 0.1) is 0 Å². The van der Waals surface area contributed by atoms with Crippen LogP contribution in [0.3, 0.4) is 0 Å². The number of rotatable bonds is 5. The van der Waals surface area contributed by atoms with Crippen LogP contribution in [0.5, 0.6) is 5.75 Å². The van der Waals surface area contributed by atoms with Crippen LogP contribution < -0.4 is 26.6 Å². The molecule has 0 saturated heterocycles. The number of anilines is 2. The fourth-order valence-electron chi connectivity index (χ4n) is 5.39. The standard InChI is InChI=1S/C35H20Cl2N2O7/c1-44-29-16-19(38-32(40)24-12-17-14-26(36)20-6-2-4-8-22(20)30(17)45-34(24)42)10-11-28(29)39-33(41)25-13-18-15-27(37)21-7-3-5-9-23(21)31(18)46-35(25)43/h2-16H,1H3,(H,38,40)(H,39,41). The van der Waals surface area contributed by atoms with Gasteiger partial charge in [0.1, 0.15) is 28.0 Å². The fraction of sp³-hybridized carbons (Fsp3) is 0.0286. The maximum atomic E-state index is 13.2. The van der Waals surface area contributed by atoms with Gasteiger partial charge in [0.05, 0.1) is 12.8 Å². The normalized spacial score (nSPS) is 11.3. The smallest absolute Gasteiger partial charge is 0.349 e. The van der Waals surface area contributed by atoms with Crippen molar-refractivity contribution in [3.05, 3.63) is 133 Å². The summed E-state index contributed by atoms with van der Waals surface area (Å²) in [5, 5.41) is 9.88. The zero-order valence-corrected chi connectivity index (χ0v) is 25.3. The number of halogens is 2. The SMILES string of the molecule is COc1cc(NC(=O)c2cc3cc(Cl)c4ccccc4c3oc2=O)ccc1NC(=O)c1cc2cc(Cl)c3ccccc3c2oc1=O. The Bertz CT molecular complexity index is 2540. The molecule has 0 atom stereocenters. The van der Waals surface area contributed by atoms with E-state index in [0.29, 0.717) is 48.1 Å². The molecule has 9 nitrogen and oxygen atoms in total. The molecule has 2 aromatic heterocycles. The number of ether oxygens (including phenoxy) is 1. The molecule has 0 saturated carbocycles. The molecule has 0 bridgehead atoms. The Morgan fingerprint density at radius 3 is 1.61 bits per heavy atom. The van der Waals surface area contributed by atoms with Crippen LogP contribution in [0.4, 0.5) is 11.4 Å². The summed E-state index contributed by atoms with van der Waals surface area (Å²) in [6, 6.07) is 25.0. The largest absolute Gasteiger partial charge is 0.494 e. The highest BCUT2D eigenvalue weighted by molar-refractivity contribution is 6.38. The summed E-state index contributed by atoms with van der Waals surface area (Å²) in [5.74, 6) is -1.29. The minimum atomic E-state index is -0.830. The Labute approximate surface area is 268 Å². The zero-order valence-electron chi connectivity index (χ0n) is 23.8. The Morgan fingerprint density at radius 2 is 1.11 bits per heavy atom. The molecule has 2 amide bonds. The molecule has 0 aliphatic rings. The molecule has 7 aromatic rings. The minimum absolute atomic E-state index is 0.175. The molecule has 0 aliphatic heterocycles. The minimum Gasteiger partial charge on any atom is -0.494 e. The van der Waals surface area contributed by atoms with Gasteiger partial charge in [-0.05, 0) is 36.4 Å². The van der Waals surface area contributed by atoms with E-state index in [2.05, 4.69) is 10.6 Å². The molecular weight excluding hydrogens is 631 g/mol. The Morgan fingerprint density at radius 1 is 0.630 bits per heavy atom. The Balaban J connectivity index is 1.16. The summed E-state index contributed by atoms with van der Waals surface area (Å²) in [6.07, 6.45) is 0. The number of fused-ring (bicyclic) bond motifs is 6. The van der Waals surface area contributed by atoms with Crippen LogP contribution in [-0.2, 0) is 0 Å². The van der Waals surface area contributed by atoms with Crippen molar-refractivity contribution < 1.29 is 23.2 Å². The van der Waals surface area contributed by atoms with Crippen molar-refractivity contribution in [2.45, 2.75) is 0 Å².